The van der Waals surface area contributed by atoms with Crippen molar-refractivity contribution in [1.82, 2.24) is 15.8 Å². The number of rotatable bonds is 2. The molecule has 5 nitrogen and oxygen atoms in total. The maximum Gasteiger partial charge on any atom is 0.153 e. The SMILES string of the molecule is OC1NOCc2c(-c3ccc([C@H]4CCCNC4)cc3)[nH]c3cc(F)cc1c23. The quantitative estimate of drug-likeness (QED) is 0.560. The summed E-state index contributed by atoms with van der Waals surface area (Å²) in [6, 6.07) is 11.4. The Morgan fingerprint density at radius 2 is 2.00 bits per heavy atom. The van der Waals surface area contributed by atoms with Crippen LogP contribution in [0.4, 0.5) is 4.39 Å². The number of hydroxylamine groups is 1. The molecule has 2 aliphatic rings. The predicted octanol–water partition coefficient (Wildman–Crippen LogP) is 3.47. The van der Waals surface area contributed by atoms with Crippen molar-refractivity contribution in [2.24, 2.45) is 0 Å². The van der Waals surface area contributed by atoms with Gasteiger partial charge in [0.1, 0.15) is 5.82 Å². The van der Waals surface area contributed by atoms with Crippen LogP contribution in [-0.2, 0) is 11.4 Å². The minimum atomic E-state index is -1.06. The molecule has 0 saturated carbocycles. The van der Waals surface area contributed by atoms with Gasteiger partial charge in [-0.2, -0.15) is 5.48 Å². The molecule has 1 saturated heterocycles. The molecule has 140 valence electrons. The normalized spacial score (nSPS) is 22.7. The van der Waals surface area contributed by atoms with Crippen LogP contribution in [-0.4, -0.2) is 23.2 Å². The van der Waals surface area contributed by atoms with Crippen LogP contribution in [0.2, 0.25) is 0 Å². The molecule has 0 radical (unpaired) electrons. The molecule has 27 heavy (non-hydrogen) atoms. The highest BCUT2D eigenvalue weighted by molar-refractivity contribution is 5.93. The molecule has 3 heterocycles. The summed E-state index contributed by atoms with van der Waals surface area (Å²) in [6.45, 7) is 2.42. The molecule has 2 atom stereocenters. The Balaban J connectivity index is 1.58. The lowest BCUT2D eigenvalue weighted by Gasteiger charge is -2.23. The zero-order valence-corrected chi connectivity index (χ0v) is 14.9. The van der Waals surface area contributed by atoms with Crippen LogP contribution in [0.3, 0.4) is 0 Å². The zero-order chi connectivity index (χ0) is 18.4. The minimum absolute atomic E-state index is 0.291. The maximum atomic E-state index is 14.0. The Kier molecular flexibility index (Phi) is 4.21. The van der Waals surface area contributed by atoms with Crippen LogP contribution >= 0.6 is 0 Å². The number of aromatic amines is 1. The Bertz CT molecular complexity index is 977. The molecule has 4 N–H and O–H groups in total. The Morgan fingerprint density at radius 1 is 1.15 bits per heavy atom. The third-order valence-electron chi connectivity index (χ3n) is 5.67. The van der Waals surface area contributed by atoms with E-state index < -0.39 is 6.23 Å². The molecule has 0 spiro atoms. The topological polar surface area (TPSA) is 69.3 Å². The molecule has 0 bridgehead atoms. The lowest BCUT2D eigenvalue weighted by molar-refractivity contribution is -0.0631. The first kappa shape index (κ1) is 16.9. The van der Waals surface area contributed by atoms with Crippen molar-refractivity contribution in [3.05, 3.63) is 58.9 Å². The Hall–Kier alpha value is -2.25. The minimum Gasteiger partial charge on any atom is -0.372 e. The maximum absolute atomic E-state index is 14.0. The van der Waals surface area contributed by atoms with Crippen LogP contribution in [0.5, 0.6) is 0 Å². The van der Waals surface area contributed by atoms with Crippen molar-refractivity contribution in [1.29, 1.82) is 0 Å². The zero-order valence-electron chi connectivity index (χ0n) is 14.9. The molecule has 1 aromatic heterocycles. The average molecular weight is 367 g/mol. The number of aliphatic hydroxyl groups excluding tert-OH is 1. The van der Waals surface area contributed by atoms with E-state index in [-0.39, 0.29) is 5.82 Å². The van der Waals surface area contributed by atoms with Crippen molar-refractivity contribution in [3.63, 3.8) is 0 Å². The van der Waals surface area contributed by atoms with Crippen LogP contribution in [0.1, 0.15) is 41.7 Å². The van der Waals surface area contributed by atoms with Gasteiger partial charge in [0, 0.05) is 28.6 Å². The van der Waals surface area contributed by atoms with Crippen molar-refractivity contribution in [2.45, 2.75) is 31.6 Å². The van der Waals surface area contributed by atoms with E-state index in [0.717, 1.165) is 35.3 Å². The Labute approximate surface area is 156 Å². The van der Waals surface area contributed by atoms with E-state index in [1.54, 1.807) is 0 Å². The molecule has 1 fully saturated rings. The van der Waals surface area contributed by atoms with Gasteiger partial charge in [-0.1, -0.05) is 24.3 Å². The van der Waals surface area contributed by atoms with Crippen LogP contribution < -0.4 is 10.8 Å². The van der Waals surface area contributed by atoms with Crippen LogP contribution in [0.25, 0.3) is 22.2 Å². The number of H-pyrrole nitrogens is 1. The second-order valence-corrected chi connectivity index (χ2v) is 7.37. The van der Waals surface area contributed by atoms with Crippen LogP contribution in [0, 0.1) is 5.82 Å². The van der Waals surface area contributed by atoms with Crippen molar-refractivity contribution in [2.75, 3.05) is 13.1 Å². The van der Waals surface area contributed by atoms with E-state index in [9.17, 15) is 9.50 Å². The first-order chi connectivity index (χ1) is 13.2. The van der Waals surface area contributed by atoms with Gasteiger partial charge in [-0.15, -0.1) is 0 Å². The second-order valence-electron chi connectivity index (χ2n) is 7.37. The van der Waals surface area contributed by atoms with Gasteiger partial charge in [-0.05, 0) is 48.6 Å². The largest absolute Gasteiger partial charge is 0.372 e. The van der Waals surface area contributed by atoms with Gasteiger partial charge in [-0.3, -0.25) is 4.84 Å². The summed E-state index contributed by atoms with van der Waals surface area (Å²) in [6.07, 6.45) is 1.36. The summed E-state index contributed by atoms with van der Waals surface area (Å²) in [5, 5.41) is 14.5. The first-order valence-electron chi connectivity index (χ1n) is 9.41. The molecule has 3 aromatic rings. The van der Waals surface area contributed by atoms with E-state index in [2.05, 4.69) is 40.0 Å². The van der Waals surface area contributed by atoms with Gasteiger partial charge in [0.25, 0.3) is 0 Å². The van der Waals surface area contributed by atoms with Crippen molar-refractivity contribution in [3.8, 4) is 11.3 Å². The van der Waals surface area contributed by atoms with E-state index in [1.807, 2.05) is 0 Å². The second kappa shape index (κ2) is 6.73. The number of hydrogen-bond acceptors (Lipinski definition) is 4. The molecule has 6 heteroatoms. The molecule has 2 aliphatic heterocycles. The third-order valence-corrected chi connectivity index (χ3v) is 5.67. The fraction of sp³-hybridized carbons (Fsp3) is 0.333. The summed E-state index contributed by atoms with van der Waals surface area (Å²) >= 11 is 0. The summed E-state index contributed by atoms with van der Waals surface area (Å²) in [5.74, 6) is 0.167. The van der Waals surface area contributed by atoms with Gasteiger partial charge in [-0.25, -0.2) is 4.39 Å². The molecule has 1 unspecified atom stereocenters. The van der Waals surface area contributed by atoms with E-state index >= 15 is 0 Å². The van der Waals surface area contributed by atoms with Crippen molar-refractivity contribution < 1.29 is 14.3 Å². The number of aromatic nitrogens is 1. The summed E-state index contributed by atoms with van der Waals surface area (Å²) in [7, 11) is 0. The molecule has 0 aliphatic carbocycles. The lowest BCUT2D eigenvalue weighted by atomic mass is 9.90. The number of halogens is 1. The van der Waals surface area contributed by atoms with Crippen LogP contribution in [0.15, 0.2) is 36.4 Å². The van der Waals surface area contributed by atoms with Gasteiger partial charge >= 0.3 is 0 Å². The monoisotopic (exact) mass is 367 g/mol. The number of piperidine rings is 1. The van der Waals surface area contributed by atoms with E-state index in [4.69, 9.17) is 4.84 Å². The highest BCUT2D eigenvalue weighted by Gasteiger charge is 2.24. The molecular formula is C21H22FN3O2. The predicted molar refractivity (Wildman–Crippen MR) is 101 cm³/mol. The standard InChI is InChI=1S/C21H22FN3O2/c22-15-8-16-19-17(11-27-25-21(16)26)20(24-18(19)9-15)13-5-3-12(4-6-13)14-2-1-7-23-10-14/h3-6,8-9,14,21,23-26H,1-2,7,10-11H2/t14-,21?/m0/s1. The molecule has 2 aromatic carbocycles. The summed E-state index contributed by atoms with van der Waals surface area (Å²) < 4.78 is 14.0. The van der Waals surface area contributed by atoms with E-state index in [1.165, 1.54) is 30.5 Å². The van der Waals surface area contributed by atoms with Crippen molar-refractivity contribution >= 4 is 10.9 Å². The number of nitrogens with one attached hydrogen (secondary N) is 3. The molecule has 5 rings (SSSR count). The first-order valence-corrected chi connectivity index (χ1v) is 9.41. The summed E-state index contributed by atoms with van der Waals surface area (Å²) in [4.78, 5) is 8.74. The summed E-state index contributed by atoms with van der Waals surface area (Å²) in [5.41, 5.74) is 7.92. The van der Waals surface area contributed by atoms with Gasteiger partial charge < -0.3 is 15.4 Å². The van der Waals surface area contributed by atoms with Gasteiger partial charge in [0.05, 0.1) is 12.3 Å². The molecular weight excluding hydrogens is 345 g/mol. The third kappa shape index (κ3) is 2.95. The number of aliphatic hydroxyl groups is 1. The van der Waals surface area contributed by atoms with E-state index in [0.29, 0.717) is 23.6 Å². The fourth-order valence-corrected chi connectivity index (χ4v) is 4.32. The molecule has 0 amide bonds. The number of benzene rings is 2. The fourth-order valence-electron chi connectivity index (χ4n) is 4.32. The van der Waals surface area contributed by atoms with Gasteiger partial charge in [0.2, 0.25) is 0 Å². The van der Waals surface area contributed by atoms with Gasteiger partial charge in [0.15, 0.2) is 6.23 Å². The highest BCUT2D eigenvalue weighted by Crippen LogP contribution is 2.37. The highest BCUT2D eigenvalue weighted by atomic mass is 19.1. The lowest BCUT2D eigenvalue weighted by Crippen LogP contribution is -2.28. The smallest absolute Gasteiger partial charge is 0.153 e. The average Bonchev–Trinajstić information content (AvgIpc) is 2.97. The number of hydrogen-bond donors (Lipinski definition) is 4. The Morgan fingerprint density at radius 3 is 2.78 bits per heavy atom.